The van der Waals surface area contributed by atoms with Crippen LogP contribution in [0, 0.1) is 6.92 Å². The molecule has 0 heterocycles. The molecule has 3 aromatic rings. The highest BCUT2D eigenvalue weighted by molar-refractivity contribution is 5.94. The fraction of sp³-hybridized carbons (Fsp3) is 0.174. The van der Waals surface area contributed by atoms with Gasteiger partial charge in [0.25, 0.3) is 5.91 Å². The van der Waals surface area contributed by atoms with Crippen LogP contribution in [0.2, 0.25) is 0 Å². The number of carbonyl (C=O) groups excluding carboxylic acids is 1. The number of benzene rings is 3. The van der Waals surface area contributed by atoms with E-state index >= 15 is 0 Å². The number of amides is 1. The quantitative estimate of drug-likeness (QED) is 0.646. The van der Waals surface area contributed by atoms with E-state index in [1.807, 2.05) is 85.8 Å². The van der Waals surface area contributed by atoms with Gasteiger partial charge in [-0.05, 0) is 61.4 Å². The van der Waals surface area contributed by atoms with Gasteiger partial charge in [-0.25, -0.2) is 0 Å². The number of ether oxygens (including phenoxy) is 2. The molecule has 0 fully saturated rings. The average molecular weight is 361 g/mol. The van der Waals surface area contributed by atoms with Crippen molar-refractivity contribution in [2.45, 2.75) is 26.6 Å². The summed E-state index contributed by atoms with van der Waals surface area (Å²) in [5.74, 6) is 1.23. The smallest absolute Gasteiger partial charge is 0.265 e. The van der Waals surface area contributed by atoms with Gasteiger partial charge < -0.3 is 14.8 Å². The molecule has 0 saturated carbocycles. The molecule has 0 aliphatic carbocycles. The van der Waals surface area contributed by atoms with Gasteiger partial charge in [0.1, 0.15) is 18.1 Å². The molecule has 4 heteroatoms. The first-order valence-corrected chi connectivity index (χ1v) is 8.91. The highest BCUT2D eigenvalue weighted by Crippen LogP contribution is 2.18. The van der Waals surface area contributed by atoms with Crippen LogP contribution >= 0.6 is 0 Å². The molecule has 4 nitrogen and oxygen atoms in total. The SMILES string of the molecule is Cc1cccc(O[C@H](C)C(=O)Nc2ccc(OCc3ccccc3)cc2)c1. The van der Waals surface area contributed by atoms with Gasteiger partial charge in [0, 0.05) is 5.69 Å². The highest BCUT2D eigenvalue weighted by Gasteiger charge is 2.15. The molecule has 0 unspecified atom stereocenters. The summed E-state index contributed by atoms with van der Waals surface area (Å²) in [5.41, 5.74) is 2.90. The van der Waals surface area contributed by atoms with E-state index in [-0.39, 0.29) is 5.91 Å². The maximum absolute atomic E-state index is 12.3. The van der Waals surface area contributed by atoms with Crippen LogP contribution in [0.15, 0.2) is 78.9 Å². The Labute approximate surface area is 159 Å². The van der Waals surface area contributed by atoms with Crippen LogP contribution in [0.4, 0.5) is 5.69 Å². The van der Waals surface area contributed by atoms with Crippen molar-refractivity contribution in [3.05, 3.63) is 90.0 Å². The van der Waals surface area contributed by atoms with Crippen LogP contribution in [0.1, 0.15) is 18.1 Å². The summed E-state index contributed by atoms with van der Waals surface area (Å²) < 4.78 is 11.5. The standard InChI is InChI=1S/C23H23NO3/c1-17-7-6-10-22(15-17)27-18(2)23(25)24-20-11-13-21(14-12-20)26-16-19-8-4-3-5-9-19/h3-15,18H,16H2,1-2H3,(H,24,25)/t18-/m1/s1. The van der Waals surface area contributed by atoms with Crippen molar-refractivity contribution in [2.75, 3.05) is 5.32 Å². The monoisotopic (exact) mass is 361 g/mol. The van der Waals surface area contributed by atoms with Gasteiger partial charge in [0.05, 0.1) is 0 Å². The van der Waals surface area contributed by atoms with E-state index in [9.17, 15) is 4.79 Å². The van der Waals surface area contributed by atoms with E-state index in [0.29, 0.717) is 18.0 Å². The third-order valence-electron chi connectivity index (χ3n) is 4.04. The topological polar surface area (TPSA) is 47.6 Å². The van der Waals surface area contributed by atoms with Crippen molar-refractivity contribution < 1.29 is 14.3 Å². The molecule has 1 N–H and O–H groups in total. The molecule has 0 aromatic heterocycles. The summed E-state index contributed by atoms with van der Waals surface area (Å²) in [5, 5.41) is 2.86. The van der Waals surface area contributed by atoms with Gasteiger partial charge >= 0.3 is 0 Å². The van der Waals surface area contributed by atoms with Gasteiger partial charge in [0.15, 0.2) is 6.10 Å². The van der Waals surface area contributed by atoms with Crippen molar-refractivity contribution in [3.63, 3.8) is 0 Å². The molecule has 1 atom stereocenters. The van der Waals surface area contributed by atoms with Crippen molar-refractivity contribution >= 4 is 11.6 Å². The van der Waals surface area contributed by atoms with Gasteiger partial charge in [-0.3, -0.25) is 4.79 Å². The van der Waals surface area contributed by atoms with Crippen molar-refractivity contribution in [3.8, 4) is 11.5 Å². The van der Waals surface area contributed by atoms with Crippen molar-refractivity contribution in [2.24, 2.45) is 0 Å². The number of hydrogen-bond acceptors (Lipinski definition) is 3. The number of carbonyl (C=O) groups is 1. The second-order valence-electron chi connectivity index (χ2n) is 6.36. The summed E-state index contributed by atoms with van der Waals surface area (Å²) in [6, 6.07) is 24.9. The Balaban J connectivity index is 1.51. The van der Waals surface area contributed by atoms with E-state index in [0.717, 1.165) is 16.9 Å². The van der Waals surface area contributed by atoms with E-state index in [4.69, 9.17) is 9.47 Å². The molecule has 0 radical (unpaired) electrons. The Morgan fingerprint density at radius 3 is 2.37 bits per heavy atom. The molecule has 0 spiro atoms. The molecule has 0 bridgehead atoms. The molecule has 27 heavy (non-hydrogen) atoms. The zero-order valence-electron chi connectivity index (χ0n) is 15.5. The van der Waals surface area contributed by atoms with E-state index in [1.54, 1.807) is 6.92 Å². The normalized spacial score (nSPS) is 11.5. The number of aryl methyl sites for hydroxylation is 1. The molecule has 1 amide bonds. The third kappa shape index (κ3) is 5.61. The summed E-state index contributed by atoms with van der Waals surface area (Å²) in [4.78, 5) is 12.3. The van der Waals surface area contributed by atoms with E-state index < -0.39 is 6.10 Å². The van der Waals surface area contributed by atoms with Crippen LogP contribution in [-0.2, 0) is 11.4 Å². The summed E-state index contributed by atoms with van der Waals surface area (Å²) in [6.07, 6.45) is -0.596. The van der Waals surface area contributed by atoms with Crippen LogP contribution < -0.4 is 14.8 Å². The molecule has 138 valence electrons. The Hall–Kier alpha value is -3.27. The second-order valence-corrected chi connectivity index (χ2v) is 6.36. The van der Waals surface area contributed by atoms with E-state index in [2.05, 4.69) is 5.32 Å². The van der Waals surface area contributed by atoms with E-state index in [1.165, 1.54) is 0 Å². The maximum Gasteiger partial charge on any atom is 0.265 e. The number of rotatable bonds is 7. The maximum atomic E-state index is 12.3. The fourth-order valence-corrected chi connectivity index (χ4v) is 2.57. The van der Waals surface area contributed by atoms with Gasteiger partial charge in [-0.15, -0.1) is 0 Å². The predicted octanol–water partition coefficient (Wildman–Crippen LogP) is 4.98. The number of hydrogen-bond donors (Lipinski definition) is 1. The lowest BCUT2D eigenvalue weighted by Crippen LogP contribution is -2.30. The molecule has 0 saturated heterocycles. The second kappa shape index (κ2) is 8.90. The molecular weight excluding hydrogens is 338 g/mol. The minimum Gasteiger partial charge on any atom is -0.489 e. The molecule has 3 rings (SSSR count). The van der Waals surface area contributed by atoms with Crippen LogP contribution in [0.3, 0.4) is 0 Å². The van der Waals surface area contributed by atoms with Crippen molar-refractivity contribution in [1.29, 1.82) is 0 Å². The first-order valence-electron chi connectivity index (χ1n) is 8.91. The number of nitrogens with one attached hydrogen (secondary N) is 1. The molecule has 3 aromatic carbocycles. The minimum absolute atomic E-state index is 0.200. The largest absolute Gasteiger partial charge is 0.489 e. The molecule has 0 aliphatic rings. The molecule has 0 aliphatic heterocycles. The van der Waals surface area contributed by atoms with Gasteiger partial charge in [-0.2, -0.15) is 0 Å². The van der Waals surface area contributed by atoms with Crippen molar-refractivity contribution in [1.82, 2.24) is 0 Å². The lowest BCUT2D eigenvalue weighted by Gasteiger charge is -2.15. The minimum atomic E-state index is -0.596. The van der Waals surface area contributed by atoms with Gasteiger partial charge in [0.2, 0.25) is 0 Å². The lowest BCUT2D eigenvalue weighted by molar-refractivity contribution is -0.122. The third-order valence-corrected chi connectivity index (χ3v) is 4.04. The van der Waals surface area contributed by atoms with Gasteiger partial charge in [-0.1, -0.05) is 42.5 Å². The first kappa shape index (κ1) is 18.5. The number of anilines is 1. The highest BCUT2D eigenvalue weighted by atomic mass is 16.5. The Morgan fingerprint density at radius 2 is 1.67 bits per heavy atom. The fourth-order valence-electron chi connectivity index (χ4n) is 2.57. The van der Waals surface area contributed by atoms with Crippen LogP contribution in [0.25, 0.3) is 0 Å². The lowest BCUT2D eigenvalue weighted by atomic mass is 10.2. The summed E-state index contributed by atoms with van der Waals surface area (Å²) in [6.45, 7) is 4.22. The average Bonchev–Trinajstić information content (AvgIpc) is 2.68. The Morgan fingerprint density at radius 1 is 0.926 bits per heavy atom. The first-order chi connectivity index (χ1) is 13.1. The summed E-state index contributed by atoms with van der Waals surface area (Å²) in [7, 11) is 0. The van der Waals surface area contributed by atoms with Crippen LogP contribution in [-0.4, -0.2) is 12.0 Å². The summed E-state index contributed by atoms with van der Waals surface area (Å²) >= 11 is 0. The Kier molecular flexibility index (Phi) is 6.10. The molecular formula is C23H23NO3. The predicted molar refractivity (Wildman–Crippen MR) is 107 cm³/mol. The zero-order chi connectivity index (χ0) is 19.1. The zero-order valence-corrected chi connectivity index (χ0v) is 15.5. The Bertz CT molecular complexity index is 876. The van der Waals surface area contributed by atoms with Crippen LogP contribution in [0.5, 0.6) is 11.5 Å².